The number of nitrogen functional groups attached to an aromatic ring is 1. The van der Waals surface area contributed by atoms with Gasteiger partial charge in [0.15, 0.2) is 0 Å². The molecule has 3 amide bonds. The summed E-state index contributed by atoms with van der Waals surface area (Å²) in [6.07, 6.45) is 0. The highest BCUT2D eigenvalue weighted by atomic mass is 16.6. The maximum Gasteiger partial charge on any atom is 0.281 e. The van der Waals surface area contributed by atoms with Crippen LogP contribution in [0.25, 0.3) is 0 Å². The van der Waals surface area contributed by atoms with Crippen molar-refractivity contribution in [3.63, 3.8) is 0 Å². The van der Waals surface area contributed by atoms with Crippen LogP contribution in [-0.2, 0) is 9.59 Å². The van der Waals surface area contributed by atoms with Crippen LogP contribution in [-0.4, -0.2) is 45.5 Å². The van der Waals surface area contributed by atoms with Gasteiger partial charge in [-0.05, 0) is 17.2 Å². The summed E-state index contributed by atoms with van der Waals surface area (Å²) in [5.41, 5.74) is 5.15. The van der Waals surface area contributed by atoms with E-state index >= 15 is 0 Å². The van der Waals surface area contributed by atoms with Crippen LogP contribution in [0.1, 0.15) is 17.4 Å². The Morgan fingerprint density at radius 1 is 1.53 bits per heavy atom. The number of carbonyl (C=O) groups excluding carboxylic acids is 3. The maximum atomic E-state index is 11.9. The molecule has 9 heteroatoms. The molecule has 90 valence electrons. The van der Waals surface area contributed by atoms with Gasteiger partial charge in [-0.25, -0.2) is 4.63 Å². The van der Waals surface area contributed by atoms with Gasteiger partial charge in [0.1, 0.15) is 12.6 Å². The summed E-state index contributed by atoms with van der Waals surface area (Å²) in [5, 5.41) is 8.70. The lowest BCUT2D eigenvalue weighted by Gasteiger charge is -2.30. The van der Waals surface area contributed by atoms with E-state index < -0.39 is 23.8 Å². The molecule has 0 spiro atoms. The molecule has 1 aliphatic rings. The first-order valence-corrected chi connectivity index (χ1v) is 4.73. The number of imide groups is 1. The topological polar surface area (TPSA) is 131 Å². The molecule has 0 bridgehead atoms. The molecule has 9 nitrogen and oxygen atoms in total. The van der Waals surface area contributed by atoms with Crippen LogP contribution < -0.4 is 11.1 Å². The summed E-state index contributed by atoms with van der Waals surface area (Å²) in [6.45, 7) is 1.25. The van der Waals surface area contributed by atoms with Crippen molar-refractivity contribution in [2.24, 2.45) is 0 Å². The van der Waals surface area contributed by atoms with Gasteiger partial charge in [0.2, 0.25) is 23.3 Å². The molecule has 3 N–H and O–H groups in total. The van der Waals surface area contributed by atoms with Gasteiger partial charge in [-0.3, -0.25) is 19.7 Å². The average molecular weight is 239 g/mol. The van der Waals surface area contributed by atoms with Gasteiger partial charge in [-0.1, -0.05) is 0 Å². The van der Waals surface area contributed by atoms with E-state index in [2.05, 4.69) is 20.3 Å². The lowest BCUT2D eigenvalue weighted by atomic mass is 10.2. The van der Waals surface area contributed by atoms with Gasteiger partial charge in [0, 0.05) is 0 Å². The van der Waals surface area contributed by atoms with E-state index in [9.17, 15) is 14.4 Å². The molecule has 0 saturated carbocycles. The Balaban J connectivity index is 2.27. The fourth-order valence-corrected chi connectivity index (χ4v) is 1.44. The van der Waals surface area contributed by atoms with Gasteiger partial charge in [-0.15, -0.1) is 0 Å². The zero-order valence-electron chi connectivity index (χ0n) is 8.84. The molecule has 1 unspecified atom stereocenters. The number of piperazine rings is 1. The number of anilines is 1. The second-order valence-corrected chi connectivity index (χ2v) is 3.52. The molecule has 2 heterocycles. The normalized spacial score (nSPS) is 20.3. The standard InChI is InChI=1S/C8H9N5O4/c1-3-7(15)10-4(14)2-13(3)8(16)5-6(9)12-17-11-5/h3H,2H2,1H3,(H2,9,12)(H,10,14,15). The Labute approximate surface area is 94.9 Å². The summed E-state index contributed by atoms with van der Waals surface area (Å²) in [5.74, 6) is -1.96. The quantitative estimate of drug-likeness (QED) is 0.549. The molecule has 0 aromatic carbocycles. The van der Waals surface area contributed by atoms with Crippen LogP contribution in [0.4, 0.5) is 5.82 Å². The van der Waals surface area contributed by atoms with E-state index in [0.29, 0.717) is 0 Å². The van der Waals surface area contributed by atoms with E-state index in [-0.39, 0.29) is 18.1 Å². The minimum absolute atomic E-state index is 0.180. The van der Waals surface area contributed by atoms with Crippen LogP contribution in [0.2, 0.25) is 0 Å². The Morgan fingerprint density at radius 2 is 2.24 bits per heavy atom. The highest BCUT2D eigenvalue weighted by molar-refractivity contribution is 6.07. The first-order valence-electron chi connectivity index (χ1n) is 4.73. The Kier molecular flexibility index (Phi) is 2.50. The van der Waals surface area contributed by atoms with Crippen LogP contribution in [0.3, 0.4) is 0 Å². The molecule has 17 heavy (non-hydrogen) atoms. The van der Waals surface area contributed by atoms with Crippen molar-refractivity contribution >= 4 is 23.5 Å². The van der Waals surface area contributed by atoms with Crippen molar-refractivity contribution < 1.29 is 19.0 Å². The van der Waals surface area contributed by atoms with Crippen molar-refractivity contribution in [2.45, 2.75) is 13.0 Å². The van der Waals surface area contributed by atoms with Crippen molar-refractivity contribution in [2.75, 3.05) is 12.3 Å². The molecule has 0 aliphatic carbocycles. The first-order chi connectivity index (χ1) is 8.00. The summed E-state index contributed by atoms with van der Waals surface area (Å²) >= 11 is 0. The number of carbonyl (C=O) groups is 3. The number of nitrogens with zero attached hydrogens (tertiary/aromatic N) is 3. The number of amides is 3. The summed E-state index contributed by atoms with van der Waals surface area (Å²) in [4.78, 5) is 35.5. The molecular weight excluding hydrogens is 230 g/mol. The van der Waals surface area contributed by atoms with Gasteiger partial charge >= 0.3 is 0 Å². The fourth-order valence-electron chi connectivity index (χ4n) is 1.44. The van der Waals surface area contributed by atoms with E-state index in [0.717, 1.165) is 4.90 Å². The molecule has 1 aliphatic heterocycles. The van der Waals surface area contributed by atoms with Crippen LogP contribution >= 0.6 is 0 Å². The van der Waals surface area contributed by atoms with Crippen molar-refractivity contribution in [1.29, 1.82) is 0 Å². The zero-order chi connectivity index (χ0) is 12.6. The largest absolute Gasteiger partial charge is 0.379 e. The smallest absolute Gasteiger partial charge is 0.281 e. The number of rotatable bonds is 1. The van der Waals surface area contributed by atoms with Gasteiger partial charge in [0.25, 0.3) is 5.91 Å². The summed E-state index contributed by atoms with van der Waals surface area (Å²) in [7, 11) is 0. The number of nitrogens with two attached hydrogens (primary N) is 1. The highest BCUT2D eigenvalue weighted by Gasteiger charge is 2.36. The number of hydrogen-bond donors (Lipinski definition) is 2. The lowest BCUT2D eigenvalue weighted by molar-refractivity contribution is -0.138. The Morgan fingerprint density at radius 3 is 2.82 bits per heavy atom. The number of hydrogen-bond acceptors (Lipinski definition) is 7. The van der Waals surface area contributed by atoms with Crippen molar-refractivity contribution in [3.8, 4) is 0 Å². The maximum absolute atomic E-state index is 11.9. The molecule has 0 radical (unpaired) electrons. The Hall–Kier alpha value is -2.45. The third-order valence-corrected chi connectivity index (χ3v) is 2.40. The zero-order valence-corrected chi connectivity index (χ0v) is 8.84. The van der Waals surface area contributed by atoms with E-state index in [1.54, 1.807) is 0 Å². The highest BCUT2D eigenvalue weighted by Crippen LogP contribution is 2.13. The first kappa shape index (κ1) is 11.0. The van der Waals surface area contributed by atoms with Crippen LogP contribution in [0.15, 0.2) is 4.63 Å². The average Bonchev–Trinajstić information content (AvgIpc) is 2.69. The number of aromatic nitrogens is 2. The molecule has 2 rings (SSSR count). The third-order valence-electron chi connectivity index (χ3n) is 2.40. The lowest BCUT2D eigenvalue weighted by Crippen LogP contribution is -2.58. The molecular formula is C8H9N5O4. The molecule has 1 aromatic rings. The third kappa shape index (κ3) is 1.82. The van der Waals surface area contributed by atoms with Gasteiger partial charge in [0.05, 0.1) is 0 Å². The second-order valence-electron chi connectivity index (χ2n) is 3.52. The van der Waals surface area contributed by atoms with E-state index in [4.69, 9.17) is 5.73 Å². The van der Waals surface area contributed by atoms with Gasteiger partial charge in [-0.2, -0.15) is 0 Å². The van der Waals surface area contributed by atoms with Crippen molar-refractivity contribution in [3.05, 3.63) is 5.69 Å². The van der Waals surface area contributed by atoms with Gasteiger partial charge < -0.3 is 10.6 Å². The molecule has 1 aromatic heterocycles. The predicted molar refractivity (Wildman–Crippen MR) is 52.4 cm³/mol. The number of nitrogens with one attached hydrogen (secondary N) is 1. The van der Waals surface area contributed by atoms with E-state index in [1.807, 2.05) is 0 Å². The molecule has 1 fully saturated rings. The Bertz CT molecular complexity index is 496. The molecule has 1 saturated heterocycles. The minimum atomic E-state index is -0.781. The monoisotopic (exact) mass is 239 g/mol. The second kappa shape index (κ2) is 3.85. The predicted octanol–water partition coefficient (Wildman–Crippen LogP) is -1.86. The van der Waals surface area contributed by atoms with Crippen LogP contribution in [0, 0.1) is 0 Å². The fraction of sp³-hybridized carbons (Fsp3) is 0.375. The molecule has 1 atom stereocenters. The van der Waals surface area contributed by atoms with E-state index in [1.165, 1.54) is 6.92 Å². The van der Waals surface area contributed by atoms with Crippen molar-refractivity contribution in [1.82, 2.24) is 20.5 Å². The summed E-state index contributed by atoms with van der Waals surface area (Å²) < 4.78 is 4.29. The SMILES string of the molecule is CC1C(=O)NC(=O)CN1C(=O)c1nonc1N. The summed E-state index contributed by atoms with van der Waals surface area (Å²) in [6, 6.07) is -0.781. The minimum Gasteiger partial charge on any atom is -0.379 e. The van der Waals surface area contributed by atoms with Crippen LogP contribution in [0.5, 0.6) is 0 Å².